The number of methoxy groups -OCH3 is 6. The first-order chi connectivity index (χ1) is 22.5. The largest absolute Gasteiger partial charge is 0.493 e. The lowest BCUT2D eigenvalue weighted by Gasteiger charge is -2.34. The van der Waals surface area contributed by atoms with Gasteiger partial charge in [0.25, 0.3) is 5.60 Å². The molecule has 47 heavy (non-hydrogen) atoms. The molecule has 11 nitrogen and oxygen atoms in total. The van der Waals surface area contributed by atoms with Gasteiger partial charge in [0, 0.05) is 12.7 Å². The van der Waals surface area contributed by atoms with Crippen molar-refractivity contribution in [3.63, 3.8) is 0 Å². The zero-order valence-corrected chi connectivity index (χ0v) is 26.5. The second-order valence-corrected chi connectivity index (χ2v) is 10.2. The van der Waals surface area contributed by atoms with Crippen LogP contribution < -0.4 is 23.7 Å². The van der Waals surface area contributed by atoms with Crippen LogP contribution >= 0.6 is 0 Å². The van der Waals surface area contributed by atoms with Crippen molar-refractivity contribution in [3.8, 4) is 28.7 Å². The van der Waals surface area contributed by atoms with Gasteiger partial charge in [-0.3, -0.25) is 0 Å². The molecule has 0 aliphatic carbocycles. The van der Waals surface area contributed by atoms with Crippen molar-refractivity contribution in [2.75, 3.05) is 55.9 Å². The van der Waals surface area contributed by atoms with E-state index in [1.807, 2.05) is 0 Å². The zero-order valence-electron chi connectivity index (χ0n) is 26.5. The molecule has 1 fully saturated rings. The maximum atomic E-state index is 14.6. The molecule has 0 saturated carbocycles. The highest BCUT2D eigenvalue weighted by molar-refractivity contribution is 5.90. The summed E-state index contributed by atoms with van der Waals surface area (Å²) in [5.74, 6) is -2.01. The van der Waals surface area contributed by atoms with Crippen LogP contribution in [0.3, 0.4) is 0 Å². The summed E-state index contributed by atoms with van der Waals surface area (Å²) in [6, 6.07) is 14.0. The van der Waals surface area contributed by atoms with E-state index in [2.05, 4.69) is 0 Å². The molecule has 0 unspecified atom stereocenters. The Balaban J connectivity index is 1.71. The minimum Gasteiger partial charge on any atom is -0.493 e. The first-order valence-corrected chi connectivity index (χ1v) is 14.2. The maximum Gasteiger partial charge on any atom is 0.432 e. The summed E-state index contributed by atoms with van der Waals surface area (Å²) in [4.78, 5) is 26.7. The van der Waals surface area contributed by atoms with Crippen molar-refractivity contribution in [2.45, 2.75) is 24.0 Å². The SMILES string of the molecule is COc1ccc(C(=O)OC[C@@H]2[C@@H](c3cc(OC)c(OC)c(OC)c3)OC[C@H]2OC(=O)[C@@](OC)(c2ccccc2)C(F)(F)F)cc1OC. The third-order valence-electron chi connectivity index (χ3n) is 7.78. The number of halogens is 3. The van der Waals surface area contributed by atoms with Gasteiger partial charge in [0.2, 0.25) is 5.75 Å². The van der Waals surface area contributed by atoms with Gasteiger partial charge in [-0.25, -0.2) is 9.59 Å². The Bertz CT molecular complexity index is 1520. The predicted octanol–water partition coefficient (Wildman–Crippen LogP) is 5.29. The van der Waals surface area contributed by atoms with Gasteiger partial charge in [-0.2, -0.15) is 13.2 Å². The van der Waals surface area contributed by atoms with Gasteiger partial charge in [-0.15, -0.1) is 0 Å². The quantitative estimate of drug-likeness (QED) is 0.222. The molecule has 1 aliphatic heterocycles. The van der Waals surface area contributed by atoms with E-state index >= 15 is 0 Å². The summed E-state index contributed by atoms with van der Waals surface area (Å²) >= 11 is 0. The first-order valence-electron chi connectivity index (χ1n) is 14.2. The molecule has 14 heteroatoms. The van der Waals surface area contributed by atoms with Crippen molar-refractivity contribution in [2.24, 2.45) is 5.92 Å². The molecule has 4 rings (SSSR count). The fraction of sp³-hybridized carbons (Fsp3) is 0.394. The number of benzene rings is 3. The molecule has 1 aliphatic rings. The second kappa shape index (κ2) is 14.8. The van der Waals surface area contributed by atoms with Crippen molar-refractivity contribution in [1.82, 2.24) is 0 Å². The third kappa shape index (κ3) is 6.88. The number of carbonyl (C=O) groups is 2. The van der Waals surface area contributed by atoms with Crippen LogP contribution in [0.25, 0.3) is 0 Å². The molecule has 1 saturated heterocycles. The van der Waals surface area contributed by atoms with E-state index in [-0.39, 0.29) is 35.2 Å². The lowest BCUT2D eigenvalue weighted by Crippen LogP contribution is -2.53. The molecule has 3 aromatic carbocycles. The highest BCUT2D eigenvalue weighted by Gasteiger charge is 2.64. The monoisotopic (exact) mass is 664 g/mol. The van der Waals surface area contributed by atoms with Crippen LogP contribution in [0.15, 0.2) is 60.7 Å². The Morgan fingerprint density at radius 1 is 0.787 bits per heavy atom. The fourth-order valence-electron chi connectivity index (χ4n) is 5.39. The molecular weight excluding hydrogens is 629 g/mol. The minimum absolute atomic E-state index is 0.110. The summed E-state index contributed by atoms with van der Waals surface area (Å²) in [5.41, 5.74) is -3.38. The summed E-state index contributed by atoms with van der Waals surface area (Å²) in [6.45, 7) is -0.762. The fourth-order valence-corrected chi connectivity index (χ4v) is 5.39. The van der Waals surface area contributed by atoms with Crippen LogP contribution in [0.5, 0.6) is 28.7 Å². The van der Waals surface area contributed by atoms with Crippen LogP contribution in [-0.4, -0.2) is 80.1 Å². The van der Waals surface area contributed by atoms with Crippen LogP contribution in [0.1, 0.15) is 27.6 Å². The number of ether oxygens (including phenoxy) is 9. The Kier molecular flexibility index (Phi) is 11.1. The van der Waals surface area contributed by atoms with E-state index in [1.54, 1.807) is 12.1 Å². The molecule has 0 aromatic heterocycles. The van der Waals surface area contributed by atoms with Crippen molar-refractivity contribution in [3.05, 3.63) is 77.4 Å². The van der Waals surface area contributed by atoms with Crippen molar-refractivity contribution in [1.29, 1.82) is 0 Å². The van der Waals surface area contributed by atoms with Crippen LogP contribution in [0.2, 0.25) is 0 Å². The normalized spacial score (nSPS) is 18.9. The highest BCUT2D eigenvalue weighted by Crippen LogP contribution is 2.47. The Morgan fingerprint density at radius 2 is 1.40 bits per heavy atom. The van der Waals surface area contributed by atoms with Gasteiger partial charge in [-0.1, -0.05) is 30.3 Å². The summed E-state index contributed by atoms with van der Waals surface area (Å²) < 4.78 is 92.7. The van der Waals surface area contributed by atoms with Crippen LogP contribution in [0, 0.1) is 5.92 Å². The first kappa shape index (κ1) is 35.2. The standard InChI is InChI=1S/C33H35F3O11/c1-39-23-13-12-19(14-24(23)40-2)30(37)46-17-22-27(18-45-28(22)20-15-25(41-3)29(43-5)26(16-20)42-4)47-31(38)32(44-6,33(34,35)36)21-10-8-7-9-11-21/h7-16,22,27-28H,17-18H2,1-6H3/t22-,27+,28+,32-/m0/s1. The highest BCUT2D eigenvalue weighted by atomic mass is 19.4. The topological polar surface area (TPSA) is 117 Å². The molecule has 3 aromatic rings. The van der Waals surface area contributed by atoms with Gasteiger partial charge >= 0.3 is 18.1 Å². The number of rotatable bonds is 13. The van der Waals surface area contributed by atoms with Gasteiger partial charge in [0.05, 0.1) is 59.7 Å². The zero-order chi connectivity index (χ0) is 34.4. The lowest BCUT2D eigenvalue weighted by atomic mass is 9.91. The summed E-state index contributed by atoms with van der Waals surface area (Å²) in [7, 11) is 7.86. The van der Waals surface area contributed by atoms with Crippen LogP contribution in [0.4, 0.5) is 13.2 Å². The van der Waals surface area contributed by atoms with E-state index in [0.717, 1.165) is 19.2 Å². The molecule has 0 bridgehead atoms. The number of alkyl halides is 3. The molecule has 254 valence electrons. The van der Waals surface area contributed by atoms with Gasteiger partial charge < -0.3 is 42.6 Å². The molecule has 0 amide bonds. The van der Waals surface area contributed by atoms with Crippen molar-refractivity contribution >= 4 is 11.9 Å². The predicted molar refractivity (Wildman–Crippen MR) is 159 cm³/mol. The second-order valence-electron chi connectivity index (χ2n) is 10.2. The number of hydrogen-bond acceptors (Lipinski definition) is 11. The Hall–Kier alpha value is -4.69. The number of hydrogen-bond donors (Lipinski definition) is 0. The maximum absolute atomic E-state index is 14.6. The summed E-state index contributed by atoms with van der Waals surface area (Å²) in [6.07, 6.45) is -7.48. The minimum atomic E-state index is -5.20. The average Bonchev–Trinajstić information content (AvgIpc) is 3.48. The Morgan fingerprint density at radius 3 is 1.94 bits per heavy atom. The van der Waals surface area contributed by atoms with Crippen molar-refractivity contribution < 1.29 is 65.4 Å². The van der Waals surface area contributed by atoms with E-state index in [4.69, 9.17) is 42.6 Å². The van der Waals surface area contributed by atoms with Crippen LogP contribution in [-0.2, 0) is 29.3 Å². The molecule has 0 N–H and O–H groups in total. The lowest BCUT2D eigenvalue weighted by molar-refractivity contribution is -0.278. The summed E-state index contributed by atoms with van der Waals surface area (Å²) in [5, 5.41) is 0. The van der Waals surface area contributed by atoms with E-state index in [0.29, 0.717) is 11.3 Å². The van der Waals surface area contributed by atoms with Gasteiger partial charge in [0.1, 0.15) is 12.7 Å². The number of esters is 2. The third-order valence-corrected chi connectivity index (χ3v) is 7.78. The number of carbonyl (C=O) groups excluding carboxylic acids is 2. The Labute approximate surface area is 269 Å². The van der Waals surface area contributed by atoms with Gasteiger partial charge in [0.15, 0.2) is 23.0 Å². The smallest absolute Gasteiger partial charge is 0.432 e. The molecule has 4 atom stereocenters. The van der Waals surface area contributed by atoms with E-state index in [1.165, 1.54) is 71.9 Å². The van der Waals surface area contributed by atoms with E-state index < -0.39 is 54.0 Å². The molecule has 0 spiro atoms. The average molecular weight is 665 g/mol. The van der Waals surface area contributed by atoms with E-state index in [9.17, 15) is 22.8 Å². The molecule has 0 radical (unpaired) electrons. The van der Waals surface area contributed by atoms with Gasteiger partial charge in [-0.05, 0) is 35.9 Å². The molecule has 1 heterocycles. The molecular formula is C33H35F3O11.